The number of nitrogens with one attached hydrogen (secondary N) is 1. The first kappa shape index (κ1) is 21.1. The normalized spacial score (nSPS) is 12.7. The Bertz CT molecular complexity index is 1430. The summed E-state index contributed by atoms with van der Waals surface area (Å²) in [5, 5.41) is 2.97. The van der Waals surface area contributed by atoms with Crippen LogP contribution in [0.3, 0.4) is 0 Å². The maximum absolute atomic E-state index is 13.5. The third-order valence-electron chi connectivity index (χ3n) is 5.45. The molecule has 0 fully saturated rings. The first-order valence-corrected chi connectivity index (χ1v) is 11.9. The SMILES string of the molecule is Cc1ccc(S(=O)(=O)c2nc(-c3ccccc3C)oc2NCc2ccc3c(c2)OCO3)cc1. The second-order valence-electron chi connectivity index (χ2n) is 7.83. The Labute approximate surface area is 191 Å². The lowest BCUT2D eigenvalue weighted by molar-refractivity contribution is 0.174. The molecule has 0 saturated carbocycles. The summed E-state index contributed by atoms with van der Waals surface area (Å²) in [6, 6.07) is 19.8. The summed E-state index contributed by atoms with van der Waals surface area (Å²) in [5.41, 5.74) is 3.51. The minimum atomic E-state index is -3.91. The van der Waals surface area contributed by atoms with Crippen molar-refractivity contribution >= 4 is 15.7 Å². The average molecular weight is 463 g/mol. The van der Waals surface area contributed by atoms with Gasteiger partial charge in [0, 0.05) is 12.1 Å². The summed E-state index contributed by atoms with van der Waals surface area (Å²) in [6.45, 7) is 4.33. The summed E-state index contributed by atoms with van der Waals surface area (Å²) in [5.74, 6) is 1.67. The van der Waals surface area contributed by atoms with Gasteiger partial charge in [0.05, 0.1) is 4.90 Å². The van der Waals surface area contributed by atoms with Gasteiger partial charge in [0.15, 0.2) is 11.5 Å². The third kappa shape index (κ3) is 4.05. The predicted octanol–water partition coefficient (Wildman–Crippen LogP) is 5.13. The zero-order valence-electron chi connectivity index (χ0n) is 18.2. The number of sulfone groups is 1. The predicted molar refractivity (Wildman–Crippen MR) is 123 cm³/mol. The molecule has 0 spiro atoms. The monoisotopic (exact) mass is 462 g/mol. The van der Waals surface area contributed by atoms with Gasteiger partial charge in [0.1, 0.15) is 0 Å². The highest BCUT2D eigenvalue weighted by atomic mass is 32.2. The highest BCUT2D eigenvalue weighted by Gasteiger charge is 2.29. The standard InChI is InChI=1S/C25H22N2O5S/c1-16-7-10-19(11-8-16)33(28,29)25-24(32-23(27-25)20-6-4-3-5-17(20)2)26-14-18-9-12-21-22(13-18)31-15-30-21/h3-13,26H,14-15H2,1-2H3. The molecule has 3 aromatic carbocycles. The van der Waals surface area contributed by atoms with Gasteiger partial charge < -0.3 is 19.2 Å². The van der Waals surface area contributed by atoms with Gasteiger partial charge in [-0.1, -0.05) is 42.0 Å². The summed E-state index contributed by atoms with van der Waals surface area (Å²) >= 11 is 0. The van der Waals surface area contributed by atoms with Crippen LogP contribution in [0, 0.1) is 13.8 Å². The van der Waals surface area contributed by atoms with Crippen LogP contribution in [0.4, 0.5) is 5.88 Å². The van der Waals surface area contributed by atoms with Gasteiger partial charge in [-0.3, -0.25) is 0 Å². The molecule has 4 aromatic rings. The highest BCUT2D eigenvalue weighted by Crippen LogP contribution is 2.35. The van der Waals surface area contributed by atoms with Crippen molar-refractivity contribution in [1.82, 2.24) is 4.98 Å². The fourth-order valence-corrected chi connectivity index (χ4v) is 4.87. The number of rotatable bonds is 6. The molecule has 0 aliphatic carbocycles. The zero-order chi connectivity index (χ0) is 23.0. The lowest BCUT2D eigenvalue weighted by Crippen LogP contribution is -2.07. The van der Waals surface area contributed by atoms with Crippen molar-refractivity contribution in [3.8, 4) is 23.0 Å². The van der Waals surface area contributed by atoms with Crippen molar-refractivity contribution < 1.29 is 22.3 Å². The van der Waals surface area contributed by atoms with Gasteiger partial charge in [0.25, 0.3) is 0 Å². The van der Waals surface area contributed by atoms with E-state index in [0.29, 0.717) is 18.0 Å². The Morgan fingerprint density at radius 1 is 0.939 bits per heavy atom. The van der Waals surface area contributed by atoms with Crippen molar-refractivity contribution in [1.29, 1.82) is 0 Å². The quantitative estimate of drug-likeness (QED) is 0.425. The van der Waals surface area contributed by atoms with E-state index >= 15 is 0 Å². The van der Waals surface area contributed by atoms with E-state index in [1.165, 1.54) is 0 Å². The van der Waals surface area contributed by atoms with Crippen LogP contribution < -0.4 is 14.8 Å². The summed E-state index contributed by atoms with van der Waals surface area (Å²) in [4.78, 5) is 4.58. The topological polar surface area (TPSA) is 90.7 Å². The number of benzene rings is 3. The second-order valence-corrected chi connectivity index (χ2v) is 9.69. The molecule has 1 aliphatic rings. The lowest BCUT2D eigenvalue weighted by atomic mass is 10.1. The average Bonchev–Trinajstić information content (AvgIpc) is 3.45. The summed E-state index contributed by atoms with van der Waals surface area (Å²) < 4.78 is 43.7. The Hall–Kier alpha value is -3.78. The molecule has 168 valence electrons. The number of hydrogen-bond donors (Lipinski definition) is 1. The molecule has 1 aliphatic heterocycles. The summed E-state index contributed by atoms with van der Waals surface area (Å²) in [7, 11) is -3.91. The molecule has 0 amide bonds. The van der Waals surface area contributed by atoms with Gasteiger partial charge in [0.2, 0.25) is 33.4 Å². The molecule has 0 radical (unpaired) electrons. The van der Waals surface area contributed by atoms with E-state index in [0.717, 1.165) is 22.3 Å². The maximum atomic E-state index is 13.5. The van der Waals surface area contributed by atoms with Crippen molar-refractivity contribution in [2.75, 3.05) is 12.1 Å². The van der Waals surface area contributed by atoms with E-state index in [1.807, 2.05) is 56.3 Å². The number of anilines is 1. The van der Waals surface area contributed by atoms with Gasteiger partial charge >= 0.3 is 0 Å². The van der Waals surface area contributed by atoms with Crippen molar-refractivity contribution in [3.05, 3.63) is 83.4 Å². The Morgan fingerprint density at radius 3 is 2.48 bits per heavy atom. The fourth-order valence-electron chi connectivity index (χ4n) is 3.59. The Kier molecular flexibility index (Phi) is 5.30. The van der Waals surface area contributed by atoms with E-state index in [9.17, 15) is 8.42 Å². The number of aromatic nitrogens is 1. The van der Waals surface area contributed by atoms with Crippen molar-refractivity contribution in [2.45, 2.75) is 30.3 Å². The van der Waals surface area contributed by atoms with Crippen molar-refractivity contribution in [2.24, 2.45) is 0 Å². The van der Waals surface area contributed by atoms with Crippen molar-refractivity contribution in [3.63, 3.8) is 0 Å². The summed E-state index contributed by atoms with van der Waals surface area (Å²) in [6.07, 6.45) is 0. The number of aryl methyl sites for hydroxylation is 2. The van der Waals surface area contributed by atoms with Gasteiger partial charge in [-0.15, -0.1) is 0 Å². The van der Waals surface area contributed by atoms with Crippen LogP contribution in [0.5, 0.6) is 11.5 Å². The van der Waals surface area contributed by atoms with E-state index in [2.05, 4.69) is 10.3 Å². The molecule has 1 N–H and O–H groups in total. The van der Waals surface area contributed by atoms with Crippen LogP contribution in [0.15, 0.2) is 81.1 Å². The number of fused-ring (bicyclic) bond motifs is 1. The molecule has 2 heterocycles. The molecular formula is C25H22N2O5S. The van der Waals surface area contributed by atoms with Crippen LogP contribution in [-0.2, 0) is 16.4 Å². The molecule has 33 heavy (non-hydrogen) atoms. The maximum Gasteiger partial charge on any atom is 0.234 e. The molecule has 0 unspecified atom stereocenters. The first-order valence-electron chi connectivity index (χ1n) is 10.4. The molecule has 8 heteroatoms. The number of ether oxygens (including phenoxy) is 2. The number of oxazole rings is 1. The van der Waals surface area contributed by atoms with E-state index in [-0.39, 0.29) is 28.5 Å². The second kappa shape index (κ2) is 8.29. The first-order chi connectivity index (χ1) is 15.9. The zero-order valence-corrected chi connectivity index (χ0v) is 19.0. The molecule has 5 rings (SSSR count). The lowest BCUT2D eigenvalue weighted by Gasteiger charge is -2.07. The van der Waals surface area contributed by atoms with Gasteiger partial charge in [-0.25, -0.2) is 8.42 Å². The minimum absolute atomic E-state index is 0.0893. The largest absolute Gasteiger partial charge is 0.454 e. The van der Waals surface area contributed by atoms with Crippen LogP contribution in [0.25, 0.3) is 11.5 Å². The molecule has 0 atom stereocenters. The number of hydrogen-bond acceptors (Lipinski definition) is 7. The van der Waals surface area contributed by atoms with Crippen LogP contribution in [0.1, 0.15) is 16.7 Å². The highest BCUT2D eigenvalue weighted by molar-refractivity contribution is 7.91. The third-order valence-corrected chi connectivity index (χ3v) is 7.13. The number of nitrogens with zero attached hydrogens (tertiary/aromatic N) is 1. The molecule has 0 saturated heterocycles. The van der Waals surface area contributed by atoms with E-state index < -0.39 is 9.84 Å². The van der Waals surface area contributed by atoms with Crippen LogP contribution in [-0.4, -0.2) is 20.2 Å². The Balaban J connectivity index is 1.54. The molecule has 0 bridgehead atoms. The van der Waals surface area contributed by atoms with E-state index in [1.54, 1.807) is 24.3 Å². The molecule has 1 aromatic heterocycles. The molecular weight excluding hydrogens is 440 g/mol. The van der Waals surface area contributed by atoms with Crippen LogP contribution in [0.2, 0.25) is 0 Å². The fraction of sp³-hybridized carbons (Fsp3) is 0.160. The van der Waals surface area contributed by atoms with Crippen LogP contribution >= 0.6 is 0 Å². The Morgan fingerprint density at radius 2 is 1.70 bits per heavy atom. The smallest absolute Gasteiger partial charge is 0.234 e. The molecule has 7 nitrogen and oxygen atoms in total. The minimum Gasteiger partial charge on any atom is -0.454 e. The van der Waals surface area contributed by atoms with E-state index in [4.69, 9.17) is 13.9 Å². The van der Waals surface area contributed by atoms with Gasteiger partial charge in [-0.05, 0) is 55.3 Å². The van der Waals surface area contributed by atoms with Gasteiger partial charge in [-0.2, -0.15) is 4.98 Å².